The molecule has 0 unspecified atom stereocenters. The Morgan fingerprint density at radius 1 is 1.04 bits per heavy atom. The molecule has 3 heteroatoms. The van der Waals surface area contributed by atoms with E-state index in [0.29, 0.717) is 0 Å². The van der Waals surface area contributed by atoms with Crippen molar-refractivity contribution in [2.24, 2.45) is 0 Å². The van der Waals surface area contributed by atoms with Gasteiger partial charge in [-0.15, -0.1) is 0 Å². The molecule has 4 rings (SSSR count). The molecule has 2 aromatic carbocycles. The molecule has 0 bridgehead atoms. The molecular formula is C20H22N2O. The second-order valence-electron chi connectivity index (χ2n) is 6.47. The van der Waals surface area contributed by atoms with Crippen molar-refractivity contribution in [1.29, 1.82) is 0 Å². The second kappa shape index (κ2) is 6.19. The molecule has 2 atom stereocenters. The van der Waals surface area contributed by atoms with E-state index >= 15 is 0 Å². The van der Waals surface area contributed by atoms with Gasteiger partial charge < -0.3 is 10.1 Å². The molecule has 2 N–H and O–H groups in total. The van der Waals surface area contributed by atoms with E-state index < -0.39 is 0 Å². The minimum absolute atomic E-state index is 0.260. The lowest BCUT2D eigenvalue weighted by molar-refractivity contribution is 0.0478. The molecule has 1 aliphatic rings. The summed E-state index contributed by atoms with van der Waals surface area (Å²) in [5.41, 5.74) is 3.75. The van der Waals surface area contributed by atoms with Crippen LogP contribution in [0.15, 0.2) is 60.8 Å². The summed E-state index contributed by atoms with van der Waals surface area (Å²) in [5, 5.41) is 11.9. The lowest BCUT2D eigenvalue weighted by Crippen LogP contribution is -2.42. The number of H-pyrrole nitrogens is 1. The second-order valence-corrected chi connectivity index (χ2v) is 6.47. The minimum atomic E-state index is -0.295. The van der Waals surface area contributed by atoms with Crippen molar-refractivity contribution >= 4 is 10.9 Å². The molecule has 0 spiro atoms. The highest BCUT2D eigenvalue weighted by Gasteiger charge is 2.28. The Morgan fingerprint density at radius 3 is 2.65 bits per heavy atom. The van der Waals surface area contributed by atoms with Crippen molar-refractivity contribution in [2.45, 2.75) is 25.0 Å². The summed E-state index contributed by atoms with van der Waals surface area (Å²) in [6, 6.07) is 18.8. The summed E-state index contributed by atoms with van der Waals surface area (Å²) in [5.74, 6) is 0.260. The minimum Gasteiger partial charge on any atom is -0.391 e. The lowest BCUT2D eigenvalue weighted by atomic mass is 9.87. The number of aliphatic hydroxyl groups is 1. The number of aromatic amines is 1. The SMILES string of the molecule is O[C@@H]1CN(Cc2c[nH]c3ccccc23)CC[C@@H]1c1ccccc1. The summed E-state index contributed by atoms with van der Waals surface area (Å²) in [4.78, 5) is 5.70. The van der Waals surface area contributed by atoms with Gasteiger partial charge in [0.25, 0.3) is 0 Å². The fourth-order valence-electron chi connectivity index (χ4n) is 3.73. The van der Waals surface area contributed by atoms with Gasteiger partial charge in [-0.25, -0.2) is 0 Å². The van der Waals surface area contributed by atoms with Crippen LogP contribution in [0.3, 0.4) is 0 Å². The molecule has 3 aromatic rings. The van der Waals surface area contributed by atoms with Crippen molar-refractivity contribution in [3.05, 3.63) is 71.9 Å². The maximum Gasteiger partial charge on any atom is 0.0736 e. The van der Waals surface area contributed by atoms with Gasteiger partial charge in [-0.3, -0.25) is 4.90 Å². The molecule has 23 heavy (non-hydrogen) atoms. The van der Waals surface area contributed by atoms with Crippen LogP contribution in [-0.2, 0) is 6.54 Å². The third kappa shape index (κ3) is 2.90. The zero-order valence-electron chi connectivity index (χ0n) is 13.2. The van der Waals surface area contributed by atoms with Crippen molar-refractivity contribution in [3.63, 3.8) is 0 Å². The smallest absolute Gasteiger partial charge is 0.0736 e. The lowest BCUT2D eigenvalue weighted by Gasteiger charge is -2.36. The van der Waals surface area contributed by atoms with E-state index in [1.165, 1.54) is 22.0 Å². The molecule has 1 saturated heterocycles. The predicted octanol–water partition coefficient (Wildman–Crippen LogP) is 3.52. The largest absolute Gasteiger partial charge is 0.391 e. The Hall–Kier alpha value is -2.10. The first-order valence-electron chi connectivity index (χ1n) is 8.31. The van der Waals surface area contributed by atoms with Crippen molar-refractivity contribution in [3.8, 4) is 0 Å². The topological polar surface area (TPSA) is 39.3 Å². The zero-order chi connectivity index (χ0) is 15.6. The number of piperidine rings is 1. The van der Waals surface area contributed by atoms with Crippen LogP contribution in [0.5, 0.6) is 0 Å². The number of para-hydroxylation sites is 1. The number of nitrogens with zero attached hydrogens (tertiary/aromatic N) is 1. The van der Waals surface area contributed by atoms with Crippen LogP contribution in [0, 0.1) is 0 Å². The average Bonchev–Trinajstić information content (AvgIpc) is 2.99. The highest BCUT2D eigenvalue weighted by molar-refractivity contribution is 5.82. The Morgan fingerprint density at radius 2 is 1.83 bits per heavy atom. The normalized spacial score (nSPS) is 22.5. The third-order valence-electron chi connectivity index (χ3n) is 4.96. The maximum absolute atomic E-state index is 10.6. The van der Waals surface area contributed by atoms with Crippen LogP contribution in [0.25, 0.3) is 10.9 Å². The van der Waals surface area contributed by atoms with E-state index in [4.69, 9.17) is 0 Å². The number of aliphatic hydroxyl groups excluding tert-OH is 1. The third-order valence-corrected chi connectivity index (χ3v) is 4.96. The van der Waals surface area contributed by atoms with Crippen molar-refractivity contribution < 1.29 is 5.11 Å². The average molecular weight is 306 g/mol. The first-order valence-corrected chi connectivity index (χ1v) is 8.31. The molecule has 0 amide bonds. The molecule has 2 heterocycles. The number of β-amino-alcohol motifs (C(OH)–C–C–N with tert-alkyl or cyclic N) is 1. The van der Waals surface area contributed by atoms with Crippen LogP contribution in [0.4, 0.5) is 0 Å². The van der Waals surface area contributed by atoms with E-state index in [1.54, 1.807) is 0 Å². The first-order chi connectivity index (χ1) is 11.3. The molecular weight excluding hydrogens is 284 g/mol. The summed E-state index contributed by atoms with van der Waals surface area (Å²) in [7, 11) is 0. The van der Waals surface area contributed by atoms with Gasteiger partial charge in [0.2, 0.25) is 0 Å². The number of rotatable bonds is 3. The summed E-state index contributed by atoms with van der Waals surface area (Å²) in [6.07, 6.45) is 2.81. The van der Waals surface area contributed by atoms with E-state index in [-0.39, 0.29) is 12.0 Å². The number of hydrogen-bond donors (Lipinski definition) is 2. The maximum atomic E-state index is 10.6. The zero-order valence-corrected chi connectivity index (χ0v) is 13.2. The Bertz CT molecular complexity index is 780. The standard InChI is InChI=1S/C20H22N2O/c23-20-14-22(11-10-18(20)15-6-2-1-3-7-15)13-16-12-21-19-9-5-4-8-17(16)19/h1-9,12,18,20-21,23H,10-11,13-14H2/t18-,20-/m1/s1. The Labute approximate surface area is 136 Å². The monoisotopic (exact) mass is 306 g/mol. The summed E-state index contributed by atoms with van der Waals surface area (Å²) < 4.78 is 0. The predicted molar refractivity (Wildman–Crippen MR) is 93.4 cm³/mol. The van der Waals surface area contributed by atoms with Gasteiger partial charge in [-0.1, -0.05) is 48.5 Å². The Balaban J connectivity index is 1.46. The van der Waals surface area contributed by atoms with E-state index in [9.17, 15) is 5.11 Å². The fraction of sp³-hybridized carbons (Fsp3) is 0.300. The van der Waals surface area contributed by atoms with Crippen molar-refractivity contribution in [2.75, 3.05) is 13.1 Å². The Kier molecular flexibility index (Phi) is 3.90. The van der Waals surface area contributed by atoms with Gasteiger partial charge in [0.1, 0.15) is 0 Å². The first kappa shape index (κ1) is 14.5. The van der Waals surface area contributed by atoms with Crippen LogP contribution in [0.1, 0.15) is 23.5 Å². The van der Waals surface area contributed by atoms with Gasteiger partial charge in [0.05, 0.1) is 6.10 Å². The van der Waals surface area contributed by atoms with Crippen molar-refractivity contribution in [1.82, 2.24) is 9.88 Å². The van der Waals surface area contributed by atoms with Gasteiger partial charge in [0.15, 0.2) is 0 Å². The number of nitrogens with one attached hydrogen (secondary N) is 1. The van der Waals surface area contributed by atoms with Gasteiger partial charge >= 0.3 is 0 Å². The van der Waals surface area contributed by atoms with E-state index in [1.807, 2.05) is 6.07 Å². The molecule has 118 valence electrons. The molecule has 3 nitrogen and oxygen atoms in total. The molecule has 1 aliphatic heterocycles. The molecule has 0 radical (unpaired) electrons. The molecule has 0 aliphatic carbocycles. The van der Waals surface area contributed by atoms with Crippen LogP contribution < -0.4 is 0 Å². The van der Waals surface area contributed by atoms with E-state index in [0.717, 1.165) is 26.1 Å². The number of hydrogen-bond acceptors (Lipinski definition) is 2. The van der Waals surface area contributed by atoms with Crippen LogP contribution >= 0.6 is 0 Å². The van der Waals surface area contributed by atoms with E-state index in [2.05, 4.69) is 64.6 Å². The fourth-order valence-corrected chi connectivity index (χ4v) is 3.73. The van der Waals surface area contributed by atoms with Gasteiger partial charge in [-0.05, 0) is 30.2 Å². The molecule has 0 saturated carbocycles. The number of aromatic nitrogens is 1. The van der Waals surface area contributed by atoms with Crippen LogP contribution in [-0.4, -0.2) is 34.2 Å². The molecule has 1 aromatic heterocycles. The van der Waals surface area contributed by atoms with Gasteiger partial charge in [-0.2, -0.15) is 0 Å². The number of likely N-dealkylation sites (tertiary alicyclic amines) is 1. The quantitative estimate of drug-likeness (QED) is 0.777. The molecule has 1 fully saturated rings. The highest BCUT2D eigenvalue weighted by Crippen LogP contribution is 2.29. The highest BCUT2D eigenvalue weighted by atomic mass is 16.3. The summed E-state index contributed by atoms with van der Waals surface area (Å²) >= 11 is 0. The summed E-state index contributed by atoms with van der Waals surface area (Å²) in [6.45, 7) is 2.65. The number of fused-ring (bicyclic) bond motifs is 1. The number of benzene rings is 2. The van der Waals surface area contributed by atoms with Crippen LogP contribution in [0.2, 0.25) is 0 Å². The van der Waals surface area contributed by atoms with Gasteiger partial charge in [0, 0.05) is 36.1 Å².